The van der Waals surface area contributed by atoms with Gasteiger partial charge in [0, 0.05) is 20.1 Å². The first-order valence-electron chi connectivity index (χ1n) is 6.40. The van der Waals surface area contributed by atoms with E-state index in [1.165, 1.54) is 11.2 Å². The molecule has 1 N–H and O–H groups in total. The number of rotatable bonds is 2. The molecule has 21 heavy (non-hydrogen) atoms. The van der Waals surface area contributed by atoms with Gasteiger partial charge in [0.05, 0.1) is 12.2 Å². The molecule has 9 heteroatoms. The summed E-state index contributed by atoms with van der Waals surface area (Å²) in [5.74, 6) is 0.483. The van der Waals surface area contributed by atoms with Crippen molar-refractivity contribution in [3.63, 3.8) is 0 Å². The first-order chi connectivity index (χ1) is 10.1. The summed E-state index contributed by atoms with van der Waals surface area (Å²) in [4.78, 5) is 30.8. The van der Waals surface area contributed by atoms with Crippen molar-refractivity contribution < 1.29 is 9.90 Å². The van der Waals surface area contributed by atoms with Crippen molar-refractivity contribution in [3.05, 3.63) is 17.7 Å². The number of likely N-dealkylation sites (N-methyl/N-ethyl adjacent to an activating group) is 1. The van der Waals surface area contributed by atoms with Gasteiger partial charge >= 0.3 is 6.09 Å². The molecule has 1 aliphatic heterocycles. The number of aromatic nitrogens is 4. The number of carbonyl (C=O) groups is 1. The Hall–Kier alpha value is -2.22. The van der Waals surface area contributed by atoms with Gasteiger partial charge in [-0.05, 0) is 6.42 Å². The highest BCUT2D eigenvalue weighted by Crippen LogP contribution is 2.22. The molecule has 0 aliphatic carbocycles. The molecule has 2 aromatic heterocycles. The Morgan fingerprint density at radius 2 is 2.29 bits per heavy atom. The van der Waals surface area contributed by atoms with Crippen molar-refractivity contribution in [3.8, 4) is 0 Å². The van der Waals surface area contributed by atoms with Gasteiger partial charge in [0.15, 0.2) is 5.15 Å². The molecule has 1 fully saturated rings. The van der Waals surface area contributed by atoms with Crippen LogP contribution in [0.1, 0.15) is 6.42 Å². The Labute approximate surface area is 125 Å². The standard InChI is InChI=1S/C12H13ClN6O2/c1-18(7-2-3-19(5-7)12(20)21)11-14-4-8-9(17-11)10(13)16-6-15-8/h4,6-7H,2-3,5H2,1H3,(H,20,21). The lowest BCUT2D eigenvalue weighted by Gasteiger charge is -2.24. The van der Waals surface area contributed by atoms with Crippen molar-refractivity contribution in [1.29, 1.82) is 0 Å². The van der Waals surface area contributed by atoms with E-state index in [0.717, 1.165) is 6.42 Å². The van der Waals surface area contributed by atoms with Crippen LogP contribution >= 0.6 is 11.6 Å². The summed E-state index contributed by atoms with van der Waals surface area (Å²) in [5, 5.41) is 9.28. The van der Waals surface area contributed by atoms with Crippen LogP contribution in [0.3, 0.4) is 0 Å². The van der Waals surface area contributed by atoms with Gasteiger partial charge in [-0.2, -0.15) is 0 Å². The lowest BCUT2D eigenvalue weighted by Crippen LogP contribution is -2.37. The van der Waals surface area contributed by atoms with Crippen LogP contribution < -0.4 is 4.90 Å². The molecule has 1 atom stereocenters. The Morgan fingerprint density at radius 3 is 3.00 bits per heavy atom. The molecule has 8 nitrogen and oxygen atoms in total. The Kier molecular flexibility index (Phi) is 3.46. The van der Waals surface area contributed by atoms with E-state index in [1.54, 1.807) is 6.20 Å². The van der Waals surface area contributed by atoms with Gasteiger partial charge in [0.1, 0.15) is 17.4 Å². The van der Waals surface area contributed by atoms with E-state index in [0.29, 0.717) is 30.1 Å². The van der Waals surface area contributed by atoms with Crippen LogP contribution in [-0.2, 0) is 0 Å². The SMILES string of the molecule is CN(c1ncc2ncnc(Cl)c2n1)C1CCN(C(=O)O)C1. The summed E-state index contributed by atoms with van der Waals surface area (Å²) in [6.07, 6.45) is 2.79. The molecule has 0 radical (unpaired) electrons. The third-order valence-corrected chi connectivity index (χ3v) is 3.89. The highest BCUT2D eigenvalue weighted by atomic mass is 35.5. The summed E-state index contributed by atoms with van der Waals surface area (Å²) < 4.78 is 0. The van der Waals surface area contributed by atoms with Gasteiger partial charge in [0.25, 0.3) is 0 Å². The highest BCUT2D eigenvalue weighted by molar-refractivity contribution is 6.33. The molecule has 0 bridgehead atoms. The number of hydrogen-bond acceptors (Lipinski definition) is 6. The predicted molar refractivity (Wildman–Crippen MR) is 76.5 cm³/mol. The fourth-order valence-corrected chi connectivity index (χ4v) is 2.56. The number of amides is 1. The van der Waals surface area contributed by atoms with E-state index in [2.05, 4.69) is 19.9 Å². The number of likely N-dealkylation sites (tertiary alicyclic amines) is 1. The maximum absolute atomic E-state index is 11.0. The van der Waals surface area contributed by atoms with Gasteiger partial charge < -0.3 is 14.9 Å². The fourth-order valence-electron chi connectivity index (χ4n) is 2.38. The summed E-state index contributed by atoms with van der Waals surface area (Å²) in [6.45, 7) is 0.952. The average Bonchev–Trinajstić information content (AvgIpc) is 2.97. The van der Waals surface area contributed by atoms with Gasteiger partial charge in [-0.1, -0.05) is 11.6 Å². The molecule has 1 amide bonds. The second-order valence-corrected chi connectivity index (χ2v) is 5.21. The Balaban J connectivity index is 1.87. The molecule has 1 aliphatic rings. The van der Waals surface area contributed by atoms with Gasteiger partial charge in [-0.3, -0.25) is 0 Å². The first-order valence-corrected chi connectivity index (χ1v) is 6.78. The van der Waals surface area contributed by atoms with E-state index >= 15 is 0 Å². The second kappa shape index (κ2) is 5.28. The summed E-state index contributed by atoms with van der Waals surface area (Å²) in [5.41, 5.74) is 1.06. The molecule has 110 valence electrons. The Morgan fingerprint density at radius 1 is 1.48 bits per heavy atom. The number of fused-ring (bicyclic) bond motifs is 1. The zero-order valence-electron chi connectivity index (χ0n) is 11.3. The van der Waals surface area contributed by atoms with Crippen LogP contribution in [0.2, 0.25) is 5.15 Å². The monoisotopic (exact) mass is 308 g/mol. The minimum Gasteiger partial charge on any atom is -0.465 e. The maximum Gasteiger partial charge on any atom is 0.407 e. The largest absolute Gasteiger partial charge is 0.465 e. The van der Waals surface area contributed by atoms with Crippen LogP contribution in [0.5, 0.6) is 0 Å². The van der Waals surface area contributed by atoms with Crippen molar-refractivity contribution in [2.24, 2.45) is 0 Å². The molecule has 3 heterocycles. The minimum absolute atomic E-state index is 0.0435. The maximum atomic E-state index is 11.0. The molecule has 0 aromatic carbocycles. The van der Waals surface area contributed by atoms with Crippen molar-refractivity contribution >= 4 is 34.7 Å². The predicted octanol–water partition coefficient (Wildman–Crippen LogP) is 1.26. The van der Waals surface area contributed by atoms with Crippen LogP contribution in [0.4, 0.5) is 10.7 Å². The smallest absolute Gasteiger partial charge is 0.407 e. The molecular weight excluding hydrogens is 296 g/mol. The van der Waals surface area contributed by atoms with Gasteiger partial charge in [-0.25, -0.2) is 24.7 Å². The lowest BCUT2D eigenvalue weighted by atomic mass is 10.2. The van der Waals surface area contributed by atoms with Crippen LogP contribution in [0.25, 0.3) is 11.0 Å². The van der Waals surface area contributed by atoms with E-state index in [4.69, 9.17) is 16.7 Å². The van der Waals surface area contributed by atoms with Crippen LogP contribution in [0.15, 0.2) is 12.5 Å². The number of halogens is 1. The van der Waals surface area contributed by atoms with Gasteiger partial charge in [-0.15, -0.1) is 0 Å². The van der Waals surface area contributed by atoms with E-state index in [9.17, 15) is 4.79 Å². The third kappa shape index (κ3) is 2.54. The molecule has 3 rings (SSSR count). The molecule has 1 saturated heterocycles. The zero-order chi connectivity index (χ0) is 15.0. The van der Waals surface area contributed by atoms with Crippen molar-refractivity contribution in [1.82, 2.24) is 24.8 Å². The zero-order valence-corrected chi connectivity index (χ0v) is 12.0. The Bertz CT molecular complexity index is 697. The lowest BCUT2D eigenvalue weighted by molar-refractivity contribution is 0.155. The normalized spacial score (nSPS) is 18.2. The number of anilines is 1. The number of hydrogen-bond donors (Lipinski definition) is 1. The molecular formula is C12H13ClN6O2. The van der Waals surface area contributed by atoms with Crippen LogP contribution in [0, 0.1) is 0 Å². The van der Waals surface area contributed by atoms with E-state index in [-0.39, 0.29) is 11.2 Å². The quantitative estimate of drug-likeness (QED) is 0.834. The van der Waals surface area contributed by atoms with E-state index in [1.807, 2.05) is 11.9 Å². The fraction of sp³-hybridized carbons (Fsp3) is 0.417. The summed E-state index contributed by atoms with van der Waals surface area (Å²) in [7, 11) is 1.84. The van der Waals surface area contributed by atoms with E-state index < -0.39 is 6.09 Å². The number of nitrogens with zero attached hydrogens (tertiary/aromatic N) is 6. The molecule has 0 saturated carbocycles. The summed E-state index contributed by atoms with van der Waals surface area (Å²) >= 11 is 6.01. The molecule has 0 spiro atoms. The first kappa shape index (κ1) is 13.7. The third-order valence-electron chi connectivity index (χ3n) is 3.62. The van der Waals surface area contributed by atoms with Crippen molar-refractivity contribution in [2.45, 2.75) is 12.5 Å². The summed E-state index contributed by atoms with van der Waals surface area (Å²) in [6, 6.07) is 0.0435. The highest BCUT2D eigenvalue weighted by Gasteiger charge is 2.29. The second-order valence-electron chi connectivity index (χ2n) is 4.85. The number of carboxylic acid groups (broad SMARTS) is 1. The van der Waals surface area contributed by atoms with Gasteiger partial charge in [0.2, 0.25) is 5.95 Å². The van der Waals surface area contributed by atoms with Crippen LogP contribution in [-0.4, -0.2) is 62.2 Å². The average molecular weight is 309 g/mol. The topological polar surface area (TPSA) is 95.3 Å². The molecule has 1 unspecified atom stereocenters. The molecule has 2 aromatic rings. The minimum atomic E-state index is -0.901. The van der Waals surface area contributed by atoms with Crippen molar-refractivity contribution in [2.75, 3.05) is 25.0 Å².